The molecule has 0 aromatic heterocycles. The molecule has 0 saturated carbocycles. The minimum absolute atomic E-state index is 0.120. The van der Waals surface area contributed by atoms with E-state index in [9.17, 15) is 9.59 Å². The van der Waals surface area contributed by atoms with Crippen LogP contribution in [0.4, 0.5) is 0 Å². The van der Waals surface area contributed by atoms with Crippen LogP contribution in [0, 0.1) is 0 Å². The second-order valence-corrected chi connectivity index (χ2v) is 3.85. The van der Waals surface area contributed by atoms with Crippen molar-refractivity contribution in [1.82, 2.24) is 4.90 Å². The van der Waals surface area contributed by atoms with E-state index in [0.717, 1.165) is 0 Å². The number of carbonyl (C=O) groups is 2. The lowest BCUT2D eigenvalue weighted by Gasteiger charge is -2.15. The number of likely N-dealkylation sites (N-methyl/N-ethyl adjacent to an activating group) is 1. The van der Waals surface area contributed by atoms with E-state index in [0.29, 0.717) is 12.3 Å². The second-order valence-electron chi connectivity index (χ2n) is 3.85. The monoisotopic (exact) mass is 252 g/mol. The van der Waals surface area contributed by atoms with Crippen LogP contribution in [0.1, 0.15) is 10.4 Å². The Hall–Kier alpha value is -2.08. The fourth-order valence-corrected chi connectivity index (χ4v) is 1.43. The quantitative estimate of drug-likeness (QED) is 0.722. The van der Waals surface area contributed by atoms with Gasteiger partial charge in [-0.2, -0.15) is 0 Å². The van der Waals surface area contributed by atoms with Crippen molar-refractivity contribution in [3.63, 3.8) is 0 Å². The largest absolute Gasteiger partial charge is 0.491 e. The summed E-state index contributed by atoms with van der Waals surface area (Å²) in [5, 5.41) is 8.94. The van der Waals surface area contributed by atoms with Crippen molar-refractivity contribution < 1.29 is 19.4 Å². The minimum Gasteiger partial charge on any atom is -0.491 e. The van der Waals surface area contributed by atoms with Gasteiger partial charge in [-0.25, -0.2) is 4.79 Å². The van der Waals surface area contributed by atoms with Gasteiger partial charge in [0, 0.05) is 6.54 Å². The van der Waals surface area contributed by atoms with Crippen LogP contribution in [0.5, 0.6) is 5.75 Å². The molecule has 1 aromatic rings. The van der Waals surface area contributed by atoms with Crippen molar-refractivity contribution >= 4 is 11.9 Å². The number of carboxylic acids is 1. The molecule has 0 aliphatic carbocycles. The molecule has 0 bridgehead atoms. The van der Waals surface area contributed by atoms with Gasteiger partial charge in [-0.15, -0.1) is 0 Å². The number of amides is 1. The zero-order chi connectivity index (χ0) is 13.5. The summed E-state index contributed by atoms with van der Waals surface area (Å²) >= 11 is 0. The van der Waals surface area contributed by atoms with E-state index in [1.807, 2.05) is 0 Å². The number of nitrogens with zero attached hydrogens (tertiary/aromatic N) is 1. The van der Waals surface area contributed by atoms with Gasteiger partial charge in [-0.05, 0) is 19.2 Å². The number of hydrogen-bond donors (Lipinski definition) is 2. The molecule has 0 saturated heterocycles. The number of hydrogen-bond acceptors (Lipinski definition) is 4. The molecule has 98 valence electrons. The highest BCUT2D eigenvalue weighted by atomic mass is 16.5. The molecule has 6 heteroatoms. The third kappa shape index (κ3) is 4.42. The summed E-state index contributed by atoms with van der Waals surface area (Å²) in [6, 6.07) is 6.41. The average molecular weight is 252 g/mol. The van der Waals surface area contributed by atoms with Crippen LogP contribution in [0.15, 0.2) is 24.3 Å². The van der Waals surface area contributed by atoms with E-state index in [4.69, 9.17) is 15.6 Å². The Bertz CT molecular complexity index is 434. The number of aromatic carboxylic acids is 1. The number of carboxylic acid groups (broad SMARTS) is 1. The molecule has 0 aliphatic rings. The van der Waals surface area contributed by atoms with E-state index in [1.165, 1.54) is 6.07 Å². The van der Waals surface area contributed by atoms with Crippen LogP contribution >= 0.6 is 0 Å². The van der Waals surface area contributed by atoms with Gasteiger partial charge in [0.2, 0.25) is 5.91 Å². The van der Waals surface area contributed by atoms with Gasteiger partial charge in [-0.3, -0.25) is 9.69 Å². The minimum atomic E-state index is -1.03. The molecule has 0 spiro atoms. The molecule has 1 rings (SSSR count). The lowest BCUT2D eigenvalue weighted by molar-refractivity contribution is -0.118. The van der Waals surface area contributed by atoms with E-state index < -0.39 is 11.9 Å². The van der Waals surface area contributed by atoms with E-state index >= 15 is 0 Å². The van der Waals surface area contributed by atoms with E-state index in [-0.39, 0.29) is 18.7 Å². The summed E-state index contributed by atoms with van der Waals surface area (Å²) in [5.74, 6) is -1.13. The zero-order valence-electron chi connectivity index (χ0n) is 10.1. The second kappa shape index (κ2) is 6.61. The molecule has 18 heavy (non-hydrogen) atoms. The van der Waals surface area contributed by atoms with Gasteiger partial charge < -0.3 is 15.6 Å². The van der Waals surface area contributed by atoms with Crippen LogP contribution in [0.2, 0.25) is 0 Å². The Morgan fingerprint density at radius 1 is 1.39 bits per heavy atom. The molecule has 0 heterocycles. The molecule has 0 unspecified atom stereocenters. The van der Waals surface area contributed by atoms with Crippen molar-refractivity contribution in [3.8, 4) is 5.75 Å². The van der Waals surface area contributed by atoms with Crippen molar-refractivity contribution in [2.75, 3.05) is 26.7 Å². The summed E-state index contributed by atoms with van der Waals surface area (Å²) in [6.45, 7) is 0.912. The summed E-state index contributed by atoms with van der Waals surface area (Å²) in [4.78, 5) is 23.3. The van der Waals surface area contributed by atoms with Crippen molar-refractivity contribution in [3.05, 3.63) is 29.8 Å². The molecular weight excluding hydrogens is 236 g/mol. The van der Waals surface area contributed by atoms with Gasteiger partial charge in [-0.1, -0.05) is 12.1 Å². The maximum atomic E-state index is 10.9. The van der Waals surface area contributed by atoms with Gasteiger partial charge in [0.15, 0.2) is 0 Å². The van der Waals surface area contributed by atoms with Crippen LogP contribution in [0.3, 0.4) is 0 Å². The first-order valence-corrected chi connectivity index (χ1v) is 5.42. The van der Waals surface area contributed by atoms with Crippen molar-refractivity contribution in [1.29, 1.82) is 0 Å². The summed E-state index contributed by atoms with van der Waals surface area (Å²) in [7, 11) is 1.73. The third-order valence-corrected chi connectivity index (χ3v) is 2.27. The number of ether oxygens (including phenoxy) is 1. The first-order chi connectivity index (χ1) is 8.50. The topological polar surface area (TPSA) is 92.9 Å². The van der Waals surface area contributed by atoms with Gasteiger partial charge in [0.25, 0.3) is 0 Å². The highest BCUT2D eigenvalue weighted by molar-refractivity contribution is 5.90. The first-order valence-electron chi connectivity index (χ1n) is 5.42. The summed E-state index contributed by atoms with van der Waals surface area (Å²) < 4.78 is 5.38. The highest BCUT2D eigenvalue weighted by Gasteiger charge is 2.10. The molecule has 1 aromatic carbocycles. The zero-order valence-corrected chi connectivity index (χ0v) is 10.1. The predicted octanol–water partition coefficient (Wildman–Crippen LogP) is 0.181. The van der Waals surface area contributed by atoms with Gasteiger partial charge in [0.05, 0.1) is 6.54 Å². The fraction of sp³-hybridized carbons (Fsp3) is 0.333. The van der Waals surface area contributed by atoms with Crippen molar-refractivity contribution in [2.24, 2.45) is 5.73 Å². The van der Waals surface area contributed by atoms with Gasteiger partial charge >= 0.3 is 5.97 Å². The third-order valence-electron chi connectivity index (χ3n) is 2.27. The number of carbonyl (C=O) groups excluding carboxylic acids is 1. The van der Waals surface area contributed by atoms with Crippen molar-refractivity contribution in [2.45, 2.75) is 0 Å². The Morgan fingerprint density at radius 2 is 2.06 bits per heavy atom. The van der Waals surface area contributed by atoms with E-state index in [1.54, 1.807) is 30.1 Å². The molecule has 0 radical (unpaired) electrons. The Kier molecular flexibility index (Phi) is 5.13. The van der Waals surface area contributed by atoms with Crippen LogP contribution < -0.4 is 10.5 Å². The number of nitrogens with two attached hydrogens (primary N) is 1. The first kappa shape index (κ1) is 14.0. The maximum Gasteiger partial charge on any atom is 0.339 e. The number of benzene rings is 1. The highest BCUT2D eigenvalue weighted by Crippen LogP contribution is 2.17. The summed E-state index contributed by atoms with van der Waals surface area (Å²) in [6.07, 6.45) is 0. The molecule has 0 aliphatic heterocycles. The maximum absolute atomic E-state index is 10.9. The smallest absolute Gasteiger partial charge is 0.339 e. The lowest BCUT2D eigenvalue weighted by Crippen LogP contribution is -2.33. The van der Waals surface area contributed by atoms with Gasteiger partial charge in [0.1, 0.15) is 17.9 Å². The van der Waals surface area contributed by atoms with Crippen LogP contribution in [-0.4, -0.2) is 48.6 Å². The molecular formula is C12H16N2O4. The van der Waals surface area contributed by atoms with Crippen LogP contribution in [-0.2, 0) is 4.79 Å². The number of primary amides is 1. The normalized spacial score (nSPS) is 10.3. The molecule has 1 amide bonds. The molecule has 0 fully saturated rings. The summed E-state index contributed by atoms with van der Waals surface area (Å²) in [5.41, 5.74) is 5.16. The average Bonchev–Trinajstić information content (AvgIpc) is 2.28. The number of rotatable bonds is 7. The molecule has 6 nitrogen and oxygen atoms in total. The lowest BCUT2D eigenvalue weighted by atomic mass is 10.2. The molecule has 3 N–H and O–H groups in total. The number of para-hydroxylation sites is 1. The standard InChI is InChI=1S/C12H16N2O4/c1-14(8-11(13)15)6-7-18-10-5-3-2-4-9(10)12(16)17/h2-5H,6-8H2,1H3,(H2,13,15)(H,16,17). The van der Waals surface area contributed by atoms with Crippen LogP contribution in [0.25, 0.3) is 0 Å². The SMILES string of the molecule is CN(CCOc1ccccc1C(=O)O)CC(N)=O. The predicted molar refractivity (Wildman–Crippen MR) is 65.6 cm³/mol. The Balaban J connectivity index is 2.49. The molecule has 0 atom stereocenters. The van der Waals surface area contributed by atoms with E-state index in [2.05, 4.69) is 0 Å². The fourth-order valence-electron chi connectivity index (χ4n) is 1.43. The Labute approximate surface area is 105 Å². The Morgan fingerprint density at radius 3 is 2.67 bits per heavy atom.